The van der Waals surface area contributed by atoms with Crippen molar-refractivity contribution in [3.63, 3.8) is 0 Å². The molecule has 110 valence electrons. The first-order valence-corrected chi connectivity index (χ1v) is 7.38. The highest BCUT2D eigenvalue weighted by Gasteiger charge is 2.09. The number of hydrogen-bond donors (Lipinski definition) is 2. The van der Waals surface area contributed by atoms with Crippen LogP contribution in [0.5, 0.6) is 0 Å². The van der Waals surface area contributed by atoms with Gasteiger partial charge in [-0.3, -0.25) is 0 Å². The summed E-state index contributed by atoms with van der Waals surface area (Å²) in [5, 5.41) is 6.34. The average Bonchev–Trinajstić information content (AvgIpc) is 2.49. The minimum Gasteiger partial charge on any atom is -0.331 e. The second kappa shape index (κ2) is 7.14. The quantitative estimate of drug-likeness (QED) is 0.838. The van der Waals surface area contributed by atoms with Gasteiger partial charge in [0.05, 0.1) is 6.04 Å². The lowest BCUT2D eigenvalue weighted by Crippen LogP contribution is -2.31. The van der Waals surface area contributed by atoms with Gasteiger partial charge in [0.1, 0.15) is 0 Å². The minimum atomic E-state index is -0.232. The van der Waals surface area contributed by atoms with E-state index in [9.17, 15) is 4.79 Å². The lowest BCUT2D eigenvalue weighted by atomic mass is 10.1. The molecule has 0 bridgehead atoms. The summed E-state index contributed by atoms with van der Waals surface area (Å²) in [4.78, 5) is 11.9. The first-order chi connectivity index (χ1) is 10.1. The fourth-order valence-corrected chi connectivity index (χ4v) is 2.15. The molecule has 2 rings (SSSR count). The summed E-state index contributed by atoms with van der Waals surface area (Å²) < 4.78 is 0. The maximum Gasteiger partial charge on any atom is 0.319 e. The minimum absolute atomic E-state index is 0.0526. The van der Waals surface area contributed by atoms with E-state index in [1.807, 2.05) is 19.1 Å². The molecule has 0 aliphatic heterocycles. The maximum atomic E-state index is 11.9. The number of hydrogen-bond acceptors (Lipinski definition) is 1. The van der Waals surface area contributed by atoms with Crippen LogP contribution in [-0.4, -0.2) is 6.03 Å². The Kier molecular flexibility index (Phi) is 5.23. The zero-order valence-corrected chi connectivity index (χ0v) is 12.9. The number of anilines is 1. The van der Waals surface area contributed by atoms with Crippen molar-refractivity contribution >= 4 is 23.3 Å². The number of carbonyl (C=O) groups excluding carboxylic acids is 1. The van der Waals surface area contributed by atoms with Gasteiger partial charge in [-0.1, -0.05) is 42.8 Å². The number of rotatable bonds is 4. The Labute approximate surface area is 130 Å². The summed E-state index contributed by atoms with van der Waals surface area (Å²) in [6.45, 7) is 4.08. The highest BCUT2D eigenvalue weighted by molar-refractivity contribution is 6.30. The molecule has 0 spiro atoms. The second-order valence-electron chi connectivity index (χ2n) is 4.92. The number of halogens is 1. The van der Waals surface area contributed by atoms with E-state index in [0.717, 1.165) is 12.0 Å². The molecule has 4 heteroatoms. The third-order valence-corrected chi connectivity index (χ3v) is 3.59. The van der Waals surface area contributed by atoms with Crippen LogP contribution >= 0.6 is 11.6 Å². The van der Waals surface area contributed by atoms with Gasteiger partial charge in [-0.05, 0) is 48.7 Å². The van der Waals surface area contributed by atoms with E-state index in [-0.39, 0.29) is 12.1 Å². The lowest BCUT2D eigenvalue weighted by Gasteiger charge is -2.15. The highest BCUT2D eigenvalue weighted by Crippen LogP contribution is 2.15. The molecule has 0 fully saturated rings. The molecule has 0 aliphatic rings. The Hall–Kier alpha value is -2.00. The Balaban J connectivity index is 1.93. The molecule has 0 aromatic heterocycles. The van der Waals surface area contributed by atoms with E-state index in [1.54, 1.807) is 24.3 Å². The number of nitrogens with one attached hydrogen (secondary N) is 2. The van der Waals surface area contributed by atoms with Crippen molar-refractivity contribution < 1.29 is 4.79 Å². The predicted molar refractivity (Wildman–Crippen MR) is 87.8 cm³/mol. The number of benzene rings is 2. The Morgan fingerprint density at radius 3 is 2.29 bits per heavy atom. The molecule has 1 atom stereocenters. The summed E-state index contributed by atoms with van der Waals surface area (Å²) in [6, 6.07) is 15.0. The van der Waals surface area contributed by atoms with Gasteiger partial charge in [0.25, 0.3) is 0 Å². The topological polar surface area (TPSA) is 41.1 Å². The monoisotopic (exact) mass is 302 g/mol. The fraction of sp³-hybridized carbons (Fsp3) is 0.235. The largest absolute Gasteiger partial charge is 0.331 e. The molecule has 0 heterocycles. The molecule has 0 aliphatic carbocycles. The van der Waals surface area contributed by atoms with Crippen LogP contribution in [0.1, 0.15) is 31.0 Å². The van der Waals surface area contributed by atoms with Crippen molar-refractivity contribution in [3.05, 3.63) is 64.7 Å². The molecule has 2 amide bonds. The molecule has 21 heavy (non-hydrogen) atoms. The van der Waals surface area contributed by atoms with Crippen molar-refractivity contribution in [2.24, 2.45) is 0 Å². The first kappa shape index (κ1) is 15.4. The van der Waals surface area contributed by atoms with Gasteiger partial charge < -0.3 is 10.6 Å². The zero-order valence-electron chi connectivity index (χ0n) is 12.2. The fourth-order valence-electron chi connectivity index (χ4n) is 2.02. The number of aryl methyl sites for hydroxylation is 1. The van der Waals surface area contributed by atoms with Gasteiger partial charge in [-0.25, -0.2) is 4.79 Å². The first-order valence-electron chi connectivity index (χ1n) is 7.00. The summed E-state index contributed by atoms with van der Waals surface area (Å²) in [5.41, 5.74) is 3.08. The SMILES string of the molecule is CCc1ccc([C@H](C)NC(=O)Nc2ccc(Cl)cc2)cc1. The van der Waals surface area contributed by atoms with Gasteiger partial charge >= 0.3 is 6.03 Å². The molecule has 3 nitrogen and oxygen atoms in total. The summed E-state index contributed by atoms with van der Waals surface area (Å²) >= 11 is 5.81. The molecule has 2 N–H and O–H groups in total. The van der Waals surface area contributed by atoms with Crippen LogP contribution in [0.25, 0.3) is 0 Å². The molecule has 0 saturated heterocycles. The lowest BCUT2D eigenvalue weighted by molar-refractivity contribution is 0.249. The number of urea groups is 1. The highest BCUT2D eigenvalue weighted by atomic mass is 35.5. The zero-order chi connectivity index (χ0) is 15.2. The molecule has 0 radical (unpaired) electrons. The third kappa shape index (κ3) is 4.50. The Bertz CT molecular complexity index is 593. The van der Waals surface area contributed by atoms with Gasteiger partial charge in [0.2, 0.25) is 0 Å². The van der Waals surface area contributed by atoms with Crippen LogP contribution in [0.2, 0.25) is 5.02 Å². The molecular weight excluding hydrogens is 284 g/mol. The van der Waals surface area contributed by atoms with Crippen LogP contribution in [-0.2, 0) is 6.42 Å². The number of carbonyl (C=O) groups is 1. The van der Waals surface area contributed by atoms with Crippen molar-refractivity contribution in [1.82, 2.24) is 5.32 Å². The molecule has 2 aromatic rings. The average molecular weight is 303 g/mol. The van der Waals surface area contributed by atoms with Crippen molar-refractivity contribution in [3.8, 4) is 0 Å². The summed E-state index contributed by atoms with van der Waals surface area (Å²) in [6.07, 6.45) is 1.01. The van der Waals surface area contributed by atoms with E-state index in [1.165, 1.54) is 5.56 Å². The normalized spacial score (nSPS) is 11.8. The van der Waals surface area contributed by atoms with Gasteiger partial charge in [-0.15, -0.1) is 0 Å². The third-order valence-electron chi connectivity index (χ3n) is 3.34. The van der Waals surface area contributed by atoms with E-state index >= 15 is 0 Å². The number of amides is 2. The molecular formula is C17H19ClN2O. The van der Waals surface area contributed by atoms with Crippen LogP contribution in [0.15, 0.2) is 48.5 Å². The van der Waals surface area contributed by atoms with Crippen LogP contribution < -0.4 is 10.6 Å². The van der Waals surface area contributed by atoms with Crippen molar-refractivity contribution in [2.45, 2.75) is 26.3 Å². The second-order valence-corrected chi connectivity index (χ2v) is 5.36. The molecule has 2 aromatic carbocycles. The van der Waals surface area contributed by atoms with Crippen LogP contribution in [0.3, 0.4) is 0 Å². The maximum absolute atomic E-state index is 11.9. The van der Waals surface area contributed by atoms with E-state index in [2.05, 4.69) is 29.7 Å². The van der Waals surface area contributed by atoms with Crippen molar-refractivity contribution in [1.29, 1.82) is 0 Å². The standard InChI is InChI=1S/C17H19ClN2O/c1-3-13-4-6-14(7-5-13)12(2)19-17(21)20-16-10-8-15(18)9-11-16/h4-12H,3H2,1-2H3,(H2,19,20,21)/t12-/m0/s1. The van der Waals surface area contributed by atoms with Gasteiger partial charge in [-0.2, -0.15) is 0 Å². The van der Waals surface area contributed by atoms with Crippen LogP contribution in [0, 0.1) is 0 Å². The van der Waals surface area contributed by atoms with E-state index < -0.39 is 0 Å². The smallest absolute Gasteiger partial charge is 0.319 e. The molecule has 0 saturated carbocycles. The van der Waals surface area contributed by atoms with Crippen LogP contribution in [0.4, 0.5) is 10.5 Å². The Morgan fingerprint density at radius 2 is 1.71 bits per heavy atom. The van der Waals surface area contributed by atoms with E-state index in [0.29, 0.717) is 10.7 Å². The summed E-state index contributed by atoms with van der Waals surface area (Å²) in [7, 11) is 0. The van der Waals surface area contributed by atoms with E-state index in [4.69, 9.17) is 11.6 Å². The Morgan fingerprint density at radius 1 is 1.10 bits per heavy atom. The van der Waals surface area contributed by atoms with Gasteiger partial charge in [0, 0.05) is 10.7 Å². The van der Waals surface area contributed by atoms with Crippen molar-refractivity contribution in [2.75, 3.05) is 5.32 Å². The van der Waals surface area contributed by atoms with Gasteiger partial charge in [0.15, 0.2) is 0 Å². The molecule has 0 unspecified atom stereocenters. The summed E-state index contributed by atoms with van der Waals surface area (Å²) in [5.74, 6) is 0. The predicted octanol–water partition coefficient (Wildman–Crippen LogP) is 4.79.